The van der Waals surface area contributed by atoms with Gasteiger partial charge >= 0.3 is 0 Å². The number of aromatic hydroxyl groups is 1. The van der Waals surface area contributed by atoms with Gasteiger partial charge < -0.3 is 20.5 Å². The first kappa shape index (κ1) is 33.2. The molecule has 238 valence electrons. The highest BCUT2D eigenvalue weighted by molar-refractivity contribution is 8.02. The Balaban J connectivity index is 1.13. The van der Waals surface area contributed by atoms with Crippen LogP contribution in [-0.4, -0.2) is 65.9 Å². The fourth-order valence-corrected chi connectivity index (χ4v) is 8.68. The van der Waals surface area contributed by atoms with E-state index in [0.29, 0.717) is 23.4 Å². The Morgan fingerprint density at radius 2 is 1.84 bits per heavy atom. The first-order valence-corrected chi connectivity index (χ1v) is 17.3. The molecule has 3 N–H and O–H groups in total. The number of ether oxygens (including phenoxy) is 1. The van der Waals surface area contributed by atoms with Gasteiger partial charge in [-0.15, -0.1) is 11.8 Å². The first-order chi connectivity index (χ1) is 21.9. The van der Waals surface area contributed by atoms with Gasteiger partial charge in [-0.1, -0.05) is 79.2 Å². The summed E-state index contributed by atoms with van der Waals surface area (Å²) in [5.41, 5.74) is 2.09. The van der Waals surface area contributed by atoms with Crippen molar-refractivity contribution in [3.8, 4) is 17.6 Å². The molecule has 0 radical (unpaired) electrons. The summed E-state index contributed by atoms with van der Waals surface area (Å²) in [5, 5.41) is 28.4. The number of halogens is 1. The number of methoxy groups -OCH3 is 1. The Hall–Kier alpha value is -3.22. The number of unbranched alkanes of at least 4 members (excludes halogenated alkanes) is 1. The summed E-state index contributed by atoms with van der Waals surface area (Å²) >= 11 is 8.31. The number of carbonyl (C=O) groups is 1. The molecule has 5 rings (SSSR count). The van der Waals surface area contributed by atoms with Crippen molar-refractivity contribution in [1.29, 1.82) is 5.26 Å². The van der Waals surface area contributed by atoms with Gasteiger partial charge in [-0.3, -0.25) is 9.69 Å². The number of nitrogens with zero attached hydrogens (tertiary/aromatic N) is 2. The highest BCUT2D eigenvalue weighted by atomic mass is 35.5. The van der Waals surface area contributed by atoms with E-state index in [1.807, 2.05) is 79.3 Å². The lowest BCUT2D eigenvalue weighted by molar-refractivity contribution is 0.0878. The molecule has 2 aliphatic rings. The lowest BCUT2D eigenvalue weighted by Gasteiger charge is -2.52. The van der Waals surface area contributed by atoms with E-state index >= 15 is 0 Å². The number of nitriles is 1. The van der Waals surface area contributed by atoms with Crippen molar-refractivity contribution >= 4 is 29.3 Å². The third-order valence-corrected chi connectivity index (χ3v) is 11.4. The number of rotatable bonds is 14. The highest BCUT2D eigenvalue weighted by Crippen LogP contribution is 2.51. The lowest BCUT2D eigenvalue weighted by atomic mass is 9.73. The molecule has 3 aromatic rings. The van der Waals surface area contributed by atoms with Crippen LogP contribution in [0.4, 0.5) is 0 Å². The Bertz CT molecular complexity index is 1460. The van der Waals surface area contributed by atoms with E-state index < -0.39 is 5.41 Å². The average Bonchev–Trinajstić information content (AvgIpc) is 3.52. The fourth-order valence-electron chi connectivity index (χ4n) is 6.87. The molecule has 3 aromatic carbocycles. The molecule has 45 heavy (non-hydrogen) atoms. The second-order valence-electron chi connectivity index (χ2n) is 11.9. The van der Waals surface area contributed by atoms with Gasteiger partial charge in [0.1, 0.15) is 16.7 Å². The minimum Gasteiger partial charge on any atom is -0.507 e. The number of amides is 1. The van der Waals surface area contributed by atoms with Crippen LogP contribution in [0.25, 0.3) is 0 Å². The third kappa shape index (κ3) is 6.69. The summed E-state index contributed by atoms with van der Waals surface area (Å²) in [5.74, 6) is 0.631. The summed E-state index contributed by atoms with van der Waals surface area (Å²) in [6.07, 6.45) is 5.43. The highest BCUT2D eigenvalue weighted by Gasteiger charge is 2.54. The molecule has 1 amide bonds. The quantitative estimate of drug-likeness (QED) is 0.172. The van der Waals surface area contributed by atoms with Crippen molar-refractivity contribution in [1.82, 2.24) is 15.5 Å². The standard InChI is InChI=1S/C36H43ClN4O3S/c1-3-26-23-29(37)33(44-2)31(32(26)42)34(43)40-30-24-45-36(30)17-12-22-41(36)21-11-10-19-39-20-18-35(25-38,27-13-6-4-7-14-27)28-15-8-5-9-16-28/h4-9,13-16,23,30,39,42H,3,10-12,17-22,24H2,1-2H3,(H,40,43)/t30-,36-/m0/s1. The van der Waals surface area contributed by atoms with E-state index in [1.54, 1.807) is 6.07 Å². The van der Waals surface area contributed by atoms with Gasteiger partial charge in [0, 0.05) is 5.75 Å². The van der Waals surface area contributed by atoms with Crippen LogP contribution in [0.3, 0.4) is 0 Å². The smallest absolute Gasteiger partial charge is 0.259 e. The molecule has 7 nitrogen and oxygen atoms in total. The summed E-state index contributed by atoms with van der Waals surface area (Å²) < 4.78 is 5.42. The number of hydrogen-bond donors (Lipinski definition) is 3. The van der Waals surface area contributed by atoms with Crippen molar-refractivity contribution in [2.24, 2.45) is 0 Å². The summed E-state index contributed by atoms with van der Waals surface area (Å²) in [6.45, 7) is 5.51. The van der Waals surface area contributed by atoms with Gasteiger partial charge in [-0.25, -0.2) is 0 Å². The van der Waals surface area contributed by atoms with Gasteiger partial charge in [-0.2, -0.15) is 5.26 Å². The van der Waals surface area contributed by atoms with E-state index in [4.69, 9.17) is 16.3 Å². The summed E-state index contributed by atoms with van der Waals surface area (Å²) in [7, 11) is 1.46. The minimum absolute atomic E-state index is 0.0149. The molecule has 1 spiro atoms. The summed E-state index contributed by atoms with van der Waals surface area (Å²) in [4.78, 5) is 15.9. The van der Waals surface area contributed by atoms with Crippen LogP contribution < -0.4 is 15.4 Å². The van der Waals surface area contributed by atoms with Gasteiger partial charge in [-0.05, 0) is 87.5 Å². The first-order valence-electron chi connectivity index (χ1n) is 15.9. The van der Waals surface area contributed by atoms with E-state index in [9.17, 15) is 15.2 Å². The maximum absolute atomic E-state index is 13.5. The minimum atomic E-state index is -0.692. The van der Waals surface area contributed by atoms with Gasteiger partial charge in [0.15, 0.2) is 5.75 Å². The van der Waals surface area contributed by atoms with E-state index in [-0.39, 0.29) is 33.9 Å². The molecule has 0 unspecified atom stereocenters. The molecule has 0 bridgehead atoms. The van der Waals surface area contributed by atoms with Crippen LogP contribution in [0, 0.1) is 11.3 Å². The number of likely N-dealkylation sites (tertiary alicyclic amines) is 1. The molecule has 0 aromatic heterocycles. The van der Waals surface area contributed by atoms with Crippen LogP contribution in [0.5, 0.6) is 11.5 Å². The lowest BCUT2D eigenvalue weighted by Crippen LogP contribution is -2.65. The summed E-state index contributed by atoms with van der Waals surface area (Å²) in [6, 6.07) is 24.5. The molecule has 9 heteroatoms. The van der Waals surface area contributed by atoms with Crippen LogP contribution >= 0.6 is 23.4 Å². The van der Waals surface area contributed by atoms with Gasteiger partial charge in [0.05, 0.1) is 29.1 Å². The van der Waals surface area contributed by atoms with Crippen molar-refractivity contribution in [2.75, 3.05) is 39.0 Å². The molecule has 0 aliphatic carbocycles. The molecule has 2 fully saturated rings. The third-order valence-electron chi connectivity index (χ3n) is 9.38. The second kappa shape index (κ2) is 14.9. The number of phenolic OH excluding ortho intramolecular Hbond substituents is 1. The normalized spacial score (nSPS) is 19.6. The molecular weight excluding hydrogens is 604 g/mol. The number of aryl methyl sites for hydroxylation is 1. The van der Waals surface area contributed by atoms with Crippen molar-refractivity contribution in [3.05, 3.63) is 94.0 Å². The molecule has 2 saturated heterocycles. The predicted octanol–water partition coefficient (Wildman–Crippen LogP) is 6.52. The number of nitrogens with one attached hydrogen (secondary N) is 2. The SMILES string of the molecule is CCc1cc(Cl)c(OC)c(C(=O)N[C@H]2CS[C@@]23CCCN3CCCCNCCC(C#N)(c2ccccc2)c2ccccc2)c1O. The fraction of sp³-hybridized carbons (Fsp3) is 0.444. The van der Waals surface area contributed by atoms with Gasteiger partial charge in [0.25, 0.3) is 5.91 Å². The number of carbonyl (C=O) groups excluding carboxylic acids is 1. The van der Waals surface area contributed by atoms with E-state index in [0.717, 1.165) is 68.7 Å². The second-order valence-corrected chi connectivity index (χ2v) is 13.6. The van der Waals surface area contributed by atoms with Crippen LogP contribution in [0.2, 0.25) is 5.02 Å². The monoisotopic (exact) mass is 646 g/mol. The zero-order valence-electron chi connectivity index (χ0n) is 26.2. The maximum Gasteiger partial charge on any atom is 0.259 e. The largest absolute Gasteiger partial charge is 0.507 e. The number of benzene rings is 3. The van der Waals surface area contributed by atoms with Crippen LogP contribution in [-0.2, 0) is 11.8 Å². The Labute approximate surface area is 276 Å². The van der Waals surface area contributed by atoms with E-state index in [2.05, 4.69) is 21.6 Å². The van der Waals surface area contributed by atoms with Crippen LogP contribution in [0.15, 0.2) is 66.7 Å². The molecule has 2 aliphatic heterocycles. The Kier molecular flexibility index (Phi) is 11.0. The van der Waals surface area contributed by atoms with Crippen molar-refractivity contribution in [3.63, 3.8) is 0 Å². The molecule has 0 saturated carbocycles. The number of thioether (sulfide) groups is 1. The molecular formula is C36H43ClN4O3S. The van der Waals surface area contributed by atoms with Crippen molar-refractivity contribution < 1.29 is 14.6 Å². The van der Waals surface area contributed by atoms with Crippen LogP contribution in [0.1, 0.15) is 66.1 Å². The zero-order valence-corrected chi connectivity index (χ0v) is 27.7. The van der Waals surface area contributed by atoms with Gasteiger partial charge in [0.2, 0.25) is 0 Å². The van der Waals surface area contributed by atoms with E-state index in [1.165, 1.54) is 7.11 Å². The Morgan fingerprint density at radius 3 is 2.42 bits per heavy atom. The zero-order chi connectivity index (χ0) is 31.9. The number of hydrogen-bond acceptors (Lipinski definition) is 7. The maximum atomic E-state index is 13.5. The topological polar surface area (TPSA) is 97.6 Å². The molecule has 2 atom stereocenters. The number of phenols is 1. The Morgan fingerprint density at radius 1 is 1.16 bits per heavy atom. The predicted molar refractivity (Wildman–Crippen MR) is 182 cm³/mol. The average molecular weight is 647 g/mol. The van der Waals surface area contributed by atoms with Crippen molar-refractivity contribution in [2.45, 2.75) is 61.8 Å². The molecule has 2 heterocycles.